The number of benzene rings is 2. The van der Waals surface area contributed by atoms with Gasteiger partial charge in [0.25, 0.3) is 5.91 Å². The molecule has 3 aromatic rings. The Morgan fingerprint density at radius 2 is 1.82 bits per heavy atom. The summed E-state index contributed by atoms with van der Waals surface area (Å²) in [4.78, 5) is 25.9. The van der Waals surface area contributed by atoms with Gasteiger partial charge in [-0.25, -0.2) is 0 Å². The lowest BCUT2D eigenvalue weighted by Crippen LogP contribution is -2.14. The van der Waals surface area contributed by atoms with Crippen molar-refractivity contribution in [1.29, 1.82) is 0 Å². The van der Waals surface area contributed by atoms with Crippen molar-refractivity contribution in [3.05, 3.63) is 64.9 Å². The molecule has 2 amide bonds. The molecule has 0 atom stereocenters. The summed E-state index contributed by atoms with van der Waals surface area (Å²) < 4.78 is 10.6. The smallest absolute Gasteiger partial charge is 0.265 e. The molecule has 0 saturated carbocycles. The van der Waals surface area contributed by atoms with E-state index >= 15 is 0 Å². The third kappa shape index (κ3) is 4.47. The molecule has 142 valence electrons. The minimum absolute atomic E-state index is 0.128. The quantitative estimate of drug-likeness (QED) is 0.585. The van der Waals surface area contributed by atoms with Crippen LogP contribution in [0.4, 0.5) is 11.4 Å². The van der Waals surface area contributed by atoms with Gasteiger partial charge in [0.05, 0.1) is 10.6 Å². The lowest BCUT2D eigenvalue weighted by Gasteiger charge is -2.08. The maximum absolute atomic E-state index is 12.2. The zero-order chi connectivity index (χ0) is 19.3. The van der Waals surface area contributed by atoms with Crippen molar-refractivity contribution in [3.8, 4) is 11.5 Å². The summed E-state index contributed by atoms with van der Waals surface area (Å²) in [5.74, 6) is 1.28. The van der Waals surface area contributed by atoms with E-state index in [1.165, 1.54) is 23.1 Å². The first kappa shape index (κ1) is 18.4. The van der Waals surface area contributed by atoms with Gasteiger partial charge in [-0.05, 0) is 41.8 Å². The number of hydrogen-bond donors (Lipinski definition) is 2. The summed E-state index contributed by atoms with van der Waals surface area (Å²) in [6, 6.07) is 16.3. The van der Waals surface area contributed by atoms with E-state index in [0.29, 0.717) is 27.8 Å². The zero-order valence-electron chi connectivity index (χ0n) is 14.6. The van der Waals surface area contributed by atoms with Crippen molar-refractivity contribution in [2.24, 2.45) is 0 Å². The van der Waals surface area contributed by atoms with Crippen molar-refractivity contribution in [1.82, 2.24) is 0 Å². The Morgan fingerprint density at radius 1 is 0.964 bits per heavy atom. The summed E-state index contributed by atoms with van der Waals surface area (Å²) in [6.07, 6.45) is 0. The summed E-state index contributed by atoms with van der Waals surface area (Å²) in [7, 11) is 0. The first-order chi connectivity index (χ1) is 13.7. The highest BCUT2D eigenvalue weighted by Crippen LogP contribution is 2.34. The molecule has 1 aliphatic rings. The minimum Gasteiger partial charge on any atom is -0.454 e. The SMILES string of the molecule is O=C(CSc1cccc(NC(=O)c2cccs2)c1)Nc1ccc2c(c1)OCO2. The van der Waals surface area contributed by atoms with E-state index in [1.807, 2.05) is 35.7 Å². The third-order valence-corrected chi connectivity index (χ3v) is 5.73. The van der Waals surface area contributed by atoms with Crippen LogP contribution in [0, 0.1) is 0 Å². The number of carbonyl (C=O) groups excluding carboxylic acids is 2. The summed E-state index contributed by atoms with van der Waals surface area (Å²) >= 11 is 2.79. The third-order valence-electron chi connectivity index (χ3n) is 3.86. The fourth-order valence-electron chi connectivity index (χ4n) is 2.58. The van der Waals surface area contributed by atoms with Gasteiger partial charge in [-0.3, -0.25) is 9.59 Å². The second-order valence-electron chi connectivity index (χ2n) is 5.86. The molecule has 28 heavy (non-hydrogen) atoms. The molecular formula is C20H16N2O4S2. The fraction of sp³-hybridized carbons (Fsp3) is 0.100. The Kier molecular flexibility index (Phi) is 5.50. The molecule has 1 aliphatic heterocycles. The molecule has 6 nitrogen and oxygen atoms in total. The molecule has 0 spiro atoms. The lowest BCUT2D eigenvalue weighted by molar-refractivity contribution is -0.113. The summed E-state index contributed by atoms with van der Waals surface area (Å²) in [5, 5.41) is 7.57. The average molecular weight is 412 g/mol. The van der Waals surface area contributed by atoms with E-state index in [1.54, 1.807) is 24.3 Å². The van der Waals surface area contributed by atoms with Crippen LogP contribution in [0.5, 0.6) is 11.5 Å². The number of thioether (sulfide) groups is 1. The van der Waals surface area contributed by atoms with E-state index in [2.05, 4.69) is 10.6 Å². The van der Waals surface area contributed by atoms with Crippen LogP contribution in [0.25, 0.3) is 0 Å². The predicted molar refractivity (Wildman–Crippen MR) is 111 cm³/mol. The van der Waals surface area contributed by atoms with Gasteiger partial charge in [-0.15, -0.1) is 23.1 Å². The monoisotopic (exact) mass is 412 g/mol. The molecule has 0 unspecified atom stereocenters. The molecule has 0 fully saturated rings. The number of hydrogen-bond acceptors (Lipinski definition) is 6. The molecule has 0 radical (unpaired) electrons. The van der Waals surface area contributed by atoms with Gasteiger partial charge >= 0.3 is 0 Å². The van der Waals surface area contributed by atoms with Gasteiger partial charge < -0.3 is 20.1 Å². The number of carbonyl (C=O) groups is 2. The van der Waals surface area contributed by atoms with Gasteiger partial charge in [-0.1, -0.05) is 12.1 Å². The largest absolute Gasteiger partial charge is 0.454 e. The Bertz CT molecular complexity index is 1010. The number of nitrogens with one attached hydrogen (secondary N) is 2. The lowest BCUT2D eigenvalue weighted by atomic mass is 10.3. The highest BCUT2D eigenvalue weighted by atomic mass is 32.2. The minimum atomic E-state index is -0.141. The zero-order valence-corrected chi connectivity index (χ0v) is 16.3. The number of rotatable bonds is 6. The molecule has 0 bridgehead atoms. The second-order valence-corrected chi connectivity index (χ2v) is 7.86. The molecule has 2 heterocycles. The van der Waals surface area contributed by atoms with Crippen LogP contribution in [-0.2, 0) is 4.79 Å². The van der Waals surface area contributed by atoms with Crippen LogP contribution in [0.1, 0.15) is 9.67 Å². The van der Waals surface area contributed by atoms with Crippen molar-refractivity contribution in [2.75, 3.05) is 23.2 Å². The van der Waals surface area contributed by atoms with Crippen molar-refractivity contribution in [3.63, 3.8) is 0 Å². The van der Waals surface area contributed by atoms with Crippen molar-refractivity contribution < 1.29 is 19.1 Å². The first-order valence-electron chi connectivity index (χ1n) is 8.44. The molecule has 0 aliphatic carbocycles. The van der Waals surface area contributed by atoms with Gasteiger partial charge in [0.1, 0.15) is 0 Å². The highest BCUT2D eigenvalue weighted by molar-refractivity contribution is 8.00. The summed E-state index contributed by atoms with van der Waals surface area (Å²) in [5.41, 5.74) is 1.35. The van der Waals surface area contributed by atoms with Crippen LogP contribution in [0.2, 0.25) is 0 Å². The predicted octanol–water partition coefficient (Wildman–Crippen LogP) is 4.46. The number of fused-ring (bicyclic) bond motifs is 1. The highest BCUT2D eigenvalue weighted by Gasteiger charge is 2.14. The molecule has 2 N–H and O–H groups in total. The average Bonchev–Trinajstić information content (AvgIpc) is 3.38. The molecule has 1 aromatic heterocycles. The molecule has 2 aromatic carbocycles. The van der Waals surface area contributed by atoms with Crippen LogP contribution in [-0.4, -0.2) is 24.4 Å². The van der Waals surface area contributed by atoms with E-state index in [9.17, 15) is 9.59 Å². The Labute approximate surface area is 169 Å². The van der Waals surface area contributed by atoms with Crippen LogP contribution in [0.3, 0.4) is 0 Å². The Hall–Kier alpha value is -2.97. The van der Waals surface area contributed by atoms with Gasteiger partial charge in [0.15, 0.2) is 11.5 Å². The normalized spacial score (nSPS) is 11.9. The van der Waals surface area contributed by atoms with Crippen LogP contribution in [0.15, 0.2) is 64.9 Å². The van der Waals surface area contributed by atoms with Crippen molar-refractivity contribution >= 4 is 46.3 Å². The van der Waals surface area contributed by atoms with Gasteiger partial charge in [0, 0.05) is 22.3 Å². The Balaban J connectivity index is 1.32. The van der Waals surface area contributed by atoms with E-state index in [4.69, 9.17) is 9.47 Å². The first-order valence-corrected chi connectivity index (χ1v) is 10.3. The second kappa shape index (κ2) is 8.37. The maximum Gasteiger partial charge on any atom is 0.265 e. The number of ether oxygens (including phenoxy) is 2. The van der Waals surface area contributed by atoms with Crippen molar-refractivity contribution in [2.45, 2.75) is 4.90 Å². The number of amides is 2. The fourth-order valence-corrected chi connectivity index (χ4v) is 3.96. The van der Waals surface area contributed by atoms with Gasteiger partial charge in [0.2, 0.25) is 12.7 Å². The van der Waals surface area contributed by atoms with E-state index < -0.39 is 0 Å². The van der Waals surface area contributed by atoms with Gasteiger partial charge in [-0.2, -0.15) is 0 Å². The van der Waals surface area contributed by atoms with Crippen LogP contribution >= 0.6 is 23.1 Å². The number of thiophene rings is 1. The van der Waals surface area contributed by atoms with Crippen LogP contribution < -0.4 is 20.1 Å². The number of anilines is 2. The topological polar surface area (TPSA) is 76.7 Å². The standard InChI is InChI=1S/C20H16N2O4S2/c23-19(21-14-6-7-16-17(10-14)26-12-25-16)11-28-15-4-1-3-13(9-15)22-20(24)18-5-2-8-27-18/h1-10H,11-12H2,(H,21,23)(H,22,24). The molecule has 0 saturated heterocycles. The van der Waals surface area contributed by atoms with E-state index in [0.717, 1.165) is 4.90 Å². The Morgan fingerprint density at radius 3 is 2.68 bits per heavy atom. The summed E-state index contributed by atoms with van der Waals surface area (Å²) in [6.45, 7) is 0.196. The van der Waals surface area contributed by atoms with E-state index in [-0.39, 0.29) is 24.4 Å². The molecular weight excluding hydrogens is 396 g/mol. The maximum atomic E-state index is 12.2. The molecule has 4 rings (SSSR count). The molecule has 8 heteroatoms.